The van der Waals surface area contributed by atoms with Crippen LogP contribution in [0.4, 0.5) is 13.2 Å². The van der Waals surface area contributed by atoms with Gasteiger partial charge in [-0.1, -0.05) is 43.9 Å². The van der Waals surface area contributed by atoms with Crippen LogP contribution in [0.15, 0.2) is 42.6 Å². The van der Waals surface area contributed by atoms with Crippen molar-refractivity contribution in [2.75, 3.05) is 20.3 Å². The molecule has 46 heavy (non-hydrogen) atoms. The van der Waals surface area contributed by atoms with Crippen molar-refractivity contribution in [1.82, 2.24) is 19.7 Å². The number of nitrogens with zero attached hydrogens (tertiary/aromatic N) is 4. The highest BCUT2D eigenvalue weighted by molar-refractivity contribution is 6.76. The lowest BCUT2D eigenvalue weighted by molar-refractivity contribution is -0.175. The minimum absolute atomic E-state index is 0.0248. The number of esters is 1. The Morgan fingerprint density at radius 3 is 2.17 bits per heavy atom. The Balaban J connectivity index is 1.37. The molecule has 1 aliphatic carbocycles. The summed E-state index contributed by atoms with van der Waals surface area (Å²) in [6, 6.07) is 11.5. The van der Waals surface area contributed by atoms with E-state index in [1.165, 1.54) is 0 Å². The summed E-state index contributed by atoms with van der Waals surface area (Å²) in [6.07, 6.45) is -0.552. The monoisotopic (exact) mass is 662 g/mol. The maximum absolute atomic E-state index is 13.7. The predicted octanol–water partition coefficient (Wildman–Crippen LogP) is 7.63. The summed E-state index contributed by atoms with van der Waals surface area (Å²) in [4.78, 5) is 21.2. The van der Waals surface area contributed by atoms with Crippen molar-refractivity contribution in [1.29, 1.82) is 0 Å². The molecule has 2 heterocycles. The fourth-order valence-corrected chi connectivity index (χ4v) is 5.99. The Bertz CT molecular complexity index is 1440. The van der Waals surface area contributed by atoms with Crippen LogP contribution in [0.3, 0.4) is 0 Å². The molecule has 0 saturated heterocycles. The number of benzene rings is 1. The first-order chi connectivity index (χ1) is 21.5. The molecule has 9 nitrogen and oxygen atoms in total. The number of ether oxygens (including phenoxy) is 4. The maximum Gasteiger partial charge on any atom is 0.451 e. The standard InChI is InChI=1S/C33H45F3N4O5Si/c1-31(2,3)45-30(41)32(21-42-4)16-14-26(15-17-32)44-27-13-12-25(20-37-27)23-8-10-24(11-9-23)28-38-29(33(34,35)36)40(39-28)22-43-18-19-46(5,6)7/h8-13,20,26H,14-19,21-22H2,1-7H3. The molecule has 252 valence electrons. The molecule has 1 saturated carbocycles. The van der Waals surface area contributed by atoms with Gasteiger partial charge in [0, 0.05) is 45.2 Å². The van der Waals surface area contributed by atoms with Crippen molar-refractivity contribution in [3.05, 3.63) is 48.4 Å². The van der Waals surface area contributed by atoms with Gasteiger partial charge in [-0.15, -0.1) is 5.10 Å². The van der Waals surface area contributed by atoms with Crippen LogP contribution in [-0.4, -0.2) is 65.8 Å². The third-order valence-corrected chi connectivity index (χ3v) is 9.48. The topological polar surface area (TPSA) is 97.6 Å². The number of alkyl halides is 3. The number of aromatic nitrogens is 4. The van der Waals surface area contributed by atoms with Gasteiger partial charge in [0.2, 0.25) is 11.7 Å². The summed E-state index contributed by atoms with van der Waals surface area (Å²) in [6.45, 7) is 12.5. The van der Waals surface area contributed by atoms with Crippen LogP contribution in [0.1, 0.15) is 52.3 Å². The van der Waals surface area contributed by atoms with Gasteiger partial charge in [-0.3, -0.25) is 4.79 Å². The van der Waals surface area contributed by atoms with Crippen LogP contribution in [0.2, 0.25) is 25.7 Å². The van der Waals surface area contributed by atoms with Crippen molar-refractivity contribution >= 4 is 14.0 Å². The van der Waals surface area contributed by atoms with E-state index in [0.717, 1.165) is 21.9 Å². The molecular formula is C33H45F3N4O5Si. The number of hydrogen-bond acceptors (Lipinski definition) is 8. The Morgan fingerprint density at radius 1 is 1.00 bits per heavy atom. The van der Waals surface area contributed by atoms with Crippen LogP contribution < -0.4 is 4.74 Å². The van der Waals surface area contributed by atoms with Crippen LogP contribution in [-0.2, 0) is 31.9 Å². The summed E-state index contributed by atoms with van der Waals surface area (Å²) < 4.78 is 64.6. The number of pyridine rings is 1. The highest BCUT2D eigenvalue weighted by Crippen LogP contribution is 2.40. The summed E-state index contributed by atoms with van der Waals surface area (Å²) >= 11 is 0. The molecule has 0 radical (unpaired) electrons. The fraction of sp³-hybridized carbons (Fsp3) is 0.576. The lowest BCUT2D eigenvalue weighted by Gasteiger charge is -2.39. The highest BCUT2D eigenvalue weighted by atomic mass is 28.3. The number of hydrogen-bond donors (Lipinski definition) is 0. The molecule has 2 aromatic heterocycles. The van der Waals surface area contributed by atoms with Gasteiger partial charge in [0.15, 0.2) is 5.82 Å². The molecule has 1 aliphatic rings. The van der Waals surface area contributed by atoms with Crippen LogP contribution in [0.25, 0.3) is 22.5 Å². The van der Waals surface area contributed by atoms with E-state index in [4.69, 9.17) is 18.9 Å². The number of methoxy groups -OCH3 is 1. The second-order valence-electron chi connectivity index (χ2n) is 14.1. The first-order valence-electron chi connectivity index (χ1n) is 15.5. The SMILES string of the molecule is COCC1(C(=O)OC(C)(C)C)CCC(Oc2ccc(-c3ccc(-c4nc(C(F)(F)F)n(COCC[Si](C)(C)C)n4)cc3)cn2)CC1. The third-order valence-electron chi connectivity index (χ3n) is 7.78. The fourth-order valence-electron chi connectivity index (χ4n) is 5.23. The zero-order valence-corrected chi connectivity index (χ0v) is 28.7. The molecule has 4 rings (SSSR count). The quantitative estimate of drug-likeness (QED) is 0.111. The smallest absolute Gasteiger partial charge is 0.451 e. The maximum atomic E-state index is 13.7. The number of halogens is 3. The molecule has 1 aromatic carbocycles. The molecular weight excluding hydrogens is 617 g/mol. The number of carbonyl (C=O) groups excluding carboxylic acids is 1. The summed E-state index contributed by atoms with van der Waals surface area (Å²) in [7, 11) is 0.213. The molecule has 13 heteroatoms. The number of rotatable bonds is 12. The van der Waals surface area contributed by atoms with E-state index in [9.17, 15) is 18.0 Å². The Morgan fingerprint density at radius 2 is 1.63 bits per heavy atom. The van der Waals surface area contributed by atoms with Gasteiger partial charge in [0.05, 0.1) is 12.0 Å². The average molecular weight is 663 g/mol. The van der Waals surface area contributed by atoms with E-state index in [1.54, 1.807) is 43.6 Å². The first kappa shape index (κ1) is 35.6. The Kier molecular flexibility index (Phi) is 11.0. The van der Waals surface area contributed by atoms with E-state index < -0.39 is 31.1 Å². The summed E-state index contributed by atoms with van der Waals surface area (Å²) in [5, 5.41) is 4.11. The summed E-state index contributed by atoms with van der Waals surface area (Å²) in [5.41, 5.74) is 0.838. The zero-order valence-electron chi connectivity index (χ0n) is 27.7. The minimum Gasteiger partial charge on any atom is -0.474 e. The van der Waals surface area contributed by atoms with Crippen LogP contribution >= 0.6 is 0 Å². The van der Waals surface area contributed by atoms with E-state index in [2.05, 4.69) is 34.7 Å². The first-order valence-corrected chi connectivity index (χ1v) is 19.2. The predicted molar refractivity (Wildman–Crippen MR) is 171 cm³/mol. The highest BCUT2D eigenvalue weighted by Gasteiger charge is 2.45. The molecule has 0 bridgehead atoms. The largest absolute Gasteiger partial charge is 0.474 e. The van der Waals surface area contributed by atoms with Gasteiger partial charge in [-0.2, -0.15) is 13.2 Å². The van der Waals surface area contributed by atoms with E-state index in [-0.39, 0.29) is 24.6 Å². The molecule has 0 aliphatic heterocycles. The van der Waals surface area contributed by atoms with Crippen molar-refractivity contribution in [2.24, 2.45) is 5.41 Å². The normalized spacial score (nSPS) is 19.2. The Labute approximate surface area is 269 Å². The third kappa shape index (κ3) is 9.61. The summed E-state index contributed by atoms with van der Waals surface area (Å²) in [5.74, 6) is -0.876. The lowest BCUT2D eigenvalue weighted by Crippen LogP contribution is -2.45. The van der Waals surface area contributed by atoms with Crippen molar-refractivity contribution in [2.45, 2.75) is 96.8 Å². The van der Waals surface area contributed by atoms with E-state index in [0.29, 0.717) is 50.3 Å². The van der Waals surface area contributed by atoms with Gasteiger partial charge >= 0.3 is 12.1 Å². The Hall–Kier alpha value is -3.29. The van der Waals surface area contributed by atoms with Crippen LogP contribution in [0.5, 0.6) is 5.88 Å². The second-order valence-corrected chi connectivity index (χ2v) is 19.7. The van der Waals surface area contributed by atoms with Gasteiger partial charge in [0.25, 0.3) is 0 Å². The van der Waals surface area contributed by atoms with Crippen LogP contribution in [0, 0.1) is 5.41 Å². The van der Waals surface area contributed by atoms with Gasteiger partial charge < -0.3 is 18.9 Å². The molecule has 0 N–H and O–H groups in total. The molecule has 3 aromatic rings. The van der Waals surface area contributed by atoms with Gasteiger partial charge in [-0.05, 0) is 64.1 Å². The van der Waals surface area contributed by atoms with Gasteiger partial charge in [-0.25, -0.2) is 14.6 Å². The zero-order chi connectivity index (χ0) is 33.8. The molecule has 0 unspecified atom stereocenters. The molecule has 0 spiro atoms. The lowest BCUT2D eigenvalue weighted by atomic mass is 9.73. The van der Waals surface area contributed by atoms with Gasteiger partial charge in [0.1, 0.15) is 18.4 Å². The molecule has 0 amide bonds. The second kappa shape index (κ2) is 14.2. The molecule has 0 atom stereocenters. The van der Waals surface area contributed by atoms with E-state index in [1.807, 2.05) is 26.8 Å². The average Bonchev–Trinajstić information content (AvgIpc) is 3.41. The van der Waals surface area contributed by atoms with Crippen molar-refractivity contribution in [3.63, 3.8) is 0 Å². The minimum atomic E-state index is -4.66. The van der Waals surface area contributed by atoms with E-state index >= 15 is 0 Å². The number of carbonyl (C=O) groups is 1. The van der Waals surface area contributed by atoms with Crippen molar-refractivity contribution in [3.8, 4) is 28.4 Å². The van der Waals surface area contributed by atoms with Crippen molar-refractivity contribution < 1.29 is 36.9 Å². The molecule has 1 fully saturated rings.